The van der Waals surface area contributed by atoms with Gasteiger partial charge < -0.3 is 15.8 Å². The minimum absolute atomic E-state index is 0. The van der Waals surface area contributed by atoms with Crippen molar-refractivity contribution in [1.29, 1.82) is 0 Å². The third-order valence-electron chi connectivity index (χ3n) is 4.78. The molecule has 4 unspecified atom stereocenters. The van der Waals surface area contributed by atoms with E-state index in [1.807, 2.05) is 0 Å². The number of nitrogens with one attached hydrogen (secondary N) is 1. The molecule has 1 aliphatic heterocycles. The third kappa shape index (κ3) is 5.42. The highest BCUT2D eigenvalue weighted by molar-refractivity contribution is 5.85. The van der Waals surface area contributed by atoms with Crippen LogP contribution in [0.3, 0.4) is 0 Å². The Morgan fingerprint density at radius 1 is 1.29 bits per heavy atom. The number of nitrogens with two attached hydrogens (primary N) is 1. The Morgan fingerprint density at radius 2 is 2.05 bits per heavy atom. The van der Waals surface area contributed by atoms with E-state index in [-0.39, 0.29) is 36.4 Å². The van der Waals surface area contributed by atoms with Gasteiger partial charge >= 0.3 is 0 Å². The molecule has 2 rings (SSSR count). The standard InChI is InChI=1S/C16H30N2O2.ClH/c1-11(2)15-13(6-4-8-20-15)10-18-16(19)12-5-3-7-14(17)9-12;/h11-15H,3-10,17H2,1-2H3,(H,18,19);1H. The predicted molar refractivity (Wildman–Crippen MR) is 87.5 cm³/mol. The van der Waals surface area contributed by atoms with Gasteiger partial charge in [0.2, 0.25) is 5.91 Å². The normalized spacial score (nSPS) is 33.3. The molecule has 1 aliphatic carbocycles. The Kier molecular flexibility index (Phi) is 7.99. The molecule has 2 aliphatic rings. The zero-order valence-corrected chi connectivity index (χ0v) is 14.2. The van der Waals surface area contributed by atoms with Crippen molar-refractivity contribution in [2.24, 2.45) is 23.5 Å². The van der Waals surface area contributed by atoms with Gasteiger partial charge in [-0.1, -0.05) is 20.3 Å². The first-order valence-electron chi connectivity index (χ1n) is 8.22. The molecular weight excluding hydrogens is 288 g/mol. The minimum Gasteiger partial charge on any atom is -0.378 e. The Morgan fingerprint density at radius 3 is 2.71 bits per heavy atom. The number of hydrogen-bond acceptors (Lipinski definition) is 3. The summed E-state index contributed by atoms with van der Waals surface area (Å²) in [6.45, 7) is 6.02. The molecule has 124 valence electrons. The van der Waals surface area contributed by atoms with E-state index in [0.717, 1.165) is 51.7 Å². The number of rotatable bonds is 4. The maximum absolute atomic E-state index is 12.3. The monoisotopic (exact) mass is 318 g/mol. The first-order chi connectivity index (χ1) is 9.58. The second-order valence-corrected chi connectivity index (χ2v) is 6.85. The average molecular weight is 319 g/mol. The van der Waals surface area contributed by atoms with Gasteiger partial charge in [-0.05, 0) is 38.0 Å². The number of carbonyl (C=O) groups excluding carboxylic acids is 1. The van der Waals surface area contributed by atoms with E-state index in [9.17, 15) is 4.79 Å². The smallest absolute Gasteiger partial charge is 0.223 e. The van der Waals surface area contributed by atoms with Gasteiger partial charge in [-0.2, -0.15) is 0 Å². The molecule has 1 saturated carbocycles. The van der Waals surface area contributed by atoms with Crippen LogP contribution in [-0.2, 0) is 9.53 Å². The van der Waals surface area contributed by atoms with Gasteiger partial charge in [0.25, 0.3) is 0 Å². The molecule has 4 nitrogen and oxygen atoms in total. The summed E-state index contributed by atoms with van der Waals surface area (Å²) in [5.41, 5.74) is 5.96. The molecule has 0 aromatic carbocycles. The van der Waals surface area contributed by atoms with Crippen molar-refractivity contribution in [3.8, 4) is 0 Å². The van der Waals surface area contributed by atoms with Crippen LogP contribution in [0.2, 0.25) is 0 Å². The summed E-state index contributed by atoms with van der Waals surface area (Å²) >= 11 is 0. The summed E-state index contributed by atoms with van der Waals surface area (Å²) in [6.07, 6.45) is 6.55. The zero-order chi connectivity index (χ0) is 14.5. The van der Waals surface area contributed by atoms with Crippen LogP contribution in [0, 0.1) is 17.8 Å². The van der Waals surface area contributed by atoms with Crippen molar-refractivity contribution < 1.29 is 9.53 Å². The van der Waals surface area contributed by atoms with Crippen LogP contribution in [0.5, 0.6) is 0 Å². The van der Waals surface area contributed by atoms with E-state index in [4.69, 9.17) is 10.5 Å². The van der Waals surface area contributed by atoms with Crippen LogP contribution in [0.1, 0.15) is 52.4 Å². The summed E-state index contributed by atoms with van der Waals surface area (Å²) in [5, 5.41) is 3.15. The van der Waals surface area contributed by atoms with Crippen LogP contribution in [0.15, 0.2) is 0 Å². The van der Waals surface area contributed by atoms with Crippen molar-refractivity contribution in [2.75, 3.05) is 13.2 Å². The minimum atomic E-state index is 0. The van der Waals surface area contributed by atoms with Gasteiger partial charge in [0.1, 0.15) is 0 Å². The summed E-state index contributed by atoms with van der Waals surface area (Å²) in [4.78, 5) is 12.3. The molecule has 21 heavy (non-hydrogen) atoms. The Hall–Kier alpha value is -0.320. The quantitative estimate of drug-likeness (QED) is 0.837. The molecule has 3 N–H and O–H groups in total. The van der Waals surface area contributed by atoms with Gasteiger partial charge in [0.05, 0.1) is 6.10 Å². The highest BCUT2D eigenvalue weighted by Gasteiger charge is 2.30. The van der Waals surface area contributed by atoms with E-state index < -0.39 is 0 Å². The summed E-state index contributed by atoms with van der Waals surface area (Å²) in [6, 6.07) is 0.209. The molecule has 0 bridgehead atoms. The largest absolute Gasteiger partial charge is 0.378 e. The fourth-order valence-electron chi connectivity index (χ4n) is 3.66. The van der Waals surface area contributed by atoms with Crippen LogP contribution in [-0.4, -0.2) is 31.2 Å². The molecule has 0 radical (unpaired) electrons. The fraction of sp³-hybridized carbons (Fsp3) is 0.938. The van der Waals surface area contributed by atoms with E-state index in [2.05, 4.69) is 19.2 Å². The molecule has 0 spiro atoms. The van der Waals surface area contributed by atoms with Gasteiger partial charge in [-0.3, -0.25) is 4.79 Å². The number of carbonyl (C=O) groups is 1. The van der Waals surface area contributed by atoms with E-state index in [0.29, 0.717) is 11.8 Å². The van der Waals surface area contributed by atoms with Crippen molar-refractivity contribution >= 4 is 18.3 Å². The lowest BCUT2D eigenvalue weighted by Crippen LogP contribution is -2.44. The van der Waals surface area contributed by atoms with Crippen LogP contribution in [0.25, 0.3) is 0 Å². The van der Waals surface area contributed by atoms with Gasteiger partial charge in [0.15, 0.2) is 0 Å². The lowest BCUT2D eigenvalue weighted by molar-refractivity contribution is -0.127. The number of amides is 1. The summed E-state index contributed by atoms with van der Waals surface area (Å²) in [5.74, 6) is 1.30. The Labute approximate surface area is 135 Å². The van der Waals surface area contributed by atoms with Crippen molar-refractivity contribution in [3.05, 3.63) is 0 Å². The number of hydrogen-bond donors (Lipinski definition) is 2. The SMILES string of the molecule is CC(C)C1OCCCC1CNC(=O)C1CCCC(N)C1.Cl. The van der Waals surface area contributed by atoms with E-state index in [1.165, 1.54) is 0 Å². The first-order valence-corrected chi connectivity index (χ1v) is 8.22. The van der Waals surface area contributed by atoms with Gasteiger partial charge in [-0.15, -0.1) is 12.4 Å². The molecule has 0 aromatic rings. The first kappa shape index (κ1) is 18.7. The van der Waals surface area contributed by atoms with E-state index in [1.54, 1.807) is 0 Å². The molecular formula is C16H31ClN2O2. The number of ether oxygens (including phenoxy) is 1. The van der Waals surface area contributed by atoms with Crippen LogP contribution < -0.4 is 11.1 Å². The fourth-order valence-corrected chi connectivity index (χ4v) is 3.66. The highest BCUT2D eigenvalue weighted by Crippen LogP contribution is 2.27. The molecule has 1 saturated heterocycles. The second-order valence-electron chi connectivity index (χ2n) is 6.85. The van der Waals surface area contributed by atoms with Crippen molar-refractivity contribution in [1.82, 2.24) is 5.32 Å². The van der Waals surface area contributed by atoms with Crippen LogP contribution >= 0.6 is 12.4 Å². The average Bonchev–Trinajstić information content (AvgIpc) is 2.45. The highest BCUT2D eigenvalue weighted by atomic mass is 35.5. The predicted octanol–water partition coefficient (Wildman–Crippen LogP) is 2.49. The van der Waals surface area contributed by atoms with Crippen molar-refractivity contribution in [3.63, 3.8) is 0 Å². The second kappa shape index (κ2) is 8.96. The maximum atomic E-state index is 12.3. The van der Waals surface area contributed by atoms with Crippen molar-refractivity contribution in [2.45, 2.75) is 64.5 Å². The molecule has 0 aromatic heterocycles. The molecule has 5 heteroatoms. The summed E-state index contributed by atoms with van der Waals surface area (Å²) < 4.78 is 5.88. The lowest BCUT2D eigenvalue weighted by atomic mass is 9.84. The third-order valence-corrected chi connectivity index (χ3v) is 4.78. The Balaban J connectivity index is 0.00000220. The molecule has 2 fully saturated rings. The summed E-state index contributed by atoms with van der Waals surface area (Å²) in [7, 11) is 0. The van der Waals surface area contributed by atoms with Gasteiger partial charge in [-0.25, -0.2) is 0 Å². The molecule has 4 atom stereocenters. The maximum Gasteiger partial charge on any atom is 0.223 e. The molecule has 1 amide bonds. The van der Waals surface area contributed by atoms with E-state index >= 15 is 0 Å². The topological polar surface area (TPSA) is 64.3 Å². The molecule has 1 heterocycles. The lowest BCUT2D eigenvalue weighted by Gasteiger charge is -2.35. The van der Waals surface area contributed by atoms with Gasteiger partial charge in [0, 0.05) is 31.0 Å². The Bertz CT molecular complexity index is 325. The zero-order valence-electron chi connectivity index (χ0n) is 13.3. The number of halogens is 1. The van der Waals surface area contributed by atoms with Crippen LogP contribution in [0.4, 0.5) is 0 Å².